The summed E-state index contributed by atoms with van der Waals surface area (Å²) in [6, 6.07) is 18.7. The molecule has 2 N–H and O–H groups in total. The summed E-state index contributed by atoms with van der Waals surface area (Å²) in [7, 11) is 0. The number of carboxylic acid groups (broad SMARTS) is 1. The summed E-state index contributed by atoms with van der Waals surface area (Å²) in [5, 5.41) is 24.1. The minimum Gasteiger partial charge on any atom is -0.481 e. The molecule has 10 nitrogen and oxygen atoms in total. The number of hydrogen-bond acceptors (Lipinski definition) is 9. The van der Waals surface area contributed by atoms with Gasteiger partial charge in [-0.2, -0.15) is 5.26 Å². The summed E-state index contributed by atoms with van der Waals surface area (Å²) in [4.78, 5) is 30.5. The van der Waals surface area contributed by atoms with Crippen molar-refractivity contribution in [3.63, 3.8) is 0 Å². The molecule has 3 aromatic heterocycles. The second-order valence-corrected chi connectivity index (χ2v) is 14.6. The zero-order valence-electron chi connectivity index (χ0n) is 29.0. The number of anilines is 2. The Labute approximate surface area is 297 Å². The van der Waals surface area contributed by atoms with Crippen molar-refractivity contribution in [1.82, 2.24) is 24.8 Å². The van der Waals surface area contributed by atoms with Gasteiger partial charge in [0.15, 0.2) is 11.4 Å². The van der Waals surface area contributed by atoms with Gasteiger partial charge >= 0.3 is 5.97 Å². The van der Waals surface area contributed by atoms with Crippen molar-refractivity contribution >= 4 is 45.1 Å². The van der Waals surface area contributed by atoms with E-state index in [9.17, 15) is 15.2 Å². The van der Waals surface area contributed by atoms with E-state index in [0.717, 1.165) is 58.7 Å². The first-order valence-corrected chi connectivity index (χ1v) is 17.8. The highest BCUT2D eigenvalue weighted by atomic mass is 16.4. The van der Waals surface area contributed by atoms with Gasteiger partial charge in [0, 0.05) is 48.5 Å². The number of benzene rings is 2. The second kappa shape index (κ2) is 13.4. The third kappa shape index (κ3) is 6.51. The molecule has 10 heteroatoms. The van der Waals surface area contributed by atoms with Crippen LogP contribution in [0.15, 0.2) is 83.6 Å². The van der Waals surface area contributed by atoms with Crippen molar-refractivity contribution < 1.29 is 14.3 Å². The molecule has 258 valence electrons. The van der Waals surface area contributed by atoms with E-state index in [4.69, 9.17) is 14.4 Å². The van der Waals surface area contributed by atoms with Crippen LogP contribution in [0.3, 0.4) is 0 Å². The number of rotatable bonds is 9. The summed E-state index contributed by atoms with van der Waals surface area (Å²) < 4.78 is 6.38. The van der Waals surface area contributed by atoms with Gasteiger partial charge in [0.05, 0.1) is 17.4 Å². The number of nitriles is 1. The molecule has 0 amide bonds. The maximum absolute atomic E-state index is 11.5. The lowest BCUT2D eigenvalue weighted by molar-refractivity contribution is -0.141. The molecule has 51 heavy (non-hydrogen) atoms. The Bertz CT molecular complexity index is 2240. The minimum atomic E-state index is -0.757. The number of hydrogen-bond donors (Lipinski definition) is 2. The minimum absolute atomic E-state index is 0.176. The fourth-order valence-electron chi connectivity index (χ4n) is 7.98. The first-order valence-electron chi connectivity index (χ1n) is 17.8. The van der Waals surface area contributed by atoms with Gasteiger partial charge in [0.2, 0.25) is 5.89 Å². The van der Waals surface area contributed by atoms with Crippen LogP contribution in [0.1, 0.15) is 67.2 Å². The van der Waals surface area contributed by atoms with Gasteiger partial charge in [0.25, 0.3) is 0 Å². The van der Waals surface area contributed by atoms with Crippen molar-refractivity contribution in [2.45, 2.75) is 52.1 Å². The molecule has 1 aliphatic carbocycles. The van der Waals surface area contributed by atoms with Gasteiger partial charge in [-0.15, -0.1) is 0 Å². The molecule has 3 aliphatic rings. The number of carbonyl (C=O) groups is 1. The second-order valence-electron chi connectivity index (χ2n) is 14.6. The molecule has 8 rings (SSSR count). The van der Waals surface area contributed by atoms with Crippen LogP contribution in [0.4, 0.5) is 11.5 Å². The predicted octanol–water partition coefficient (Wildman–Crippen LogP) is 7.65. The van der Waals surface area contributed by atoms with E-state index in [1.165, 1.54) is 18.4 Å². The van der Waals surface area contributed by atoms with E-state index < -0.39 is 11.4 Å². The van der Waals surface area contributed by atoms with E-state index in [2.05, 4.69) is 76.4 Å². The molecule has 0 bridgehead atoms. The zero-order chi connectivity index (χ0) is 35.1. The average Bonchev–Trinajstić information content (AvgIpc) is 3.90. The number of nitrogens with one attached hydrogen (secondary N) is 1. The SMILES string of the molecule is CC1(C)C(c2cccc(Nc3nccc4cc(CN5CCCC5)cnc34)c2)=CC=CC1c1nc2cc(CN3CC[C@@H](C(=O)O)C3)cc(C#N)c2o1. The average molecular weight is 680 g/mol. The molecule has 2 fully saturated rings. The Morgan fingerprint density at radius 1 is 1.06 bits per heavy atom. The number of oxazole rings is 1. The maximum Gasteiger partial charge on any atom is 0.307 e. The first kappa shape index (κ1) is 32.8. The number of allylic oxidation sites excluding steroid dienone is 4. The number of carboxylic acids is 1. The lowest BCUT2D eigenvalue weighted by Gasteiger charge is -2.35. The van der Waals surface area contributed by atoms with E-state index in [1.807, 2.05) is 42.7 Å². The monoisotopic (exact) mass is 679 g/mol. The summed E-state index contributed by atoms with van der Waals surface area (Å²) >= 11 is 0. The van der Waals surface area contributed by atoms with E-state index >= 15 is 0 Å². The van der Waals surface area contributed by atoms with Crippen LogP contribution in [-0.2, 0) is 17.9 Å². The topological polar surface area (TPSA) is 131 Å². The highest BCUT2D eigenvalue weighted by Crippen LogP contribution is 2.49. The highest BCUT2D eigenvalue weighted by molar-refractivity contribution is 5.90. The Morgan fingerprint density at radius 2 is 1.90 bits per heavy atom. The van der Waals surface area contributed by atoms with Crippen LogP contribution in [0.2, 0.25) is 0 Å². The lowest BCUT2D eigenvalue weighted by atomic mass is 9.68. The van der Waals surface area contributed by atoms with Crippen LogP contribution in [-0.4, -0.2) is 62.0 Å². The van der Waals surface area contributed by atoms with Crippen molar-refractivity contribution in [2.75, 3.05) is 31.5 Å². The van der Waals surface area contributed by atoms with Gasteiger partial charge in [0.1, 0.15) is 17.1 Å². The molecule has 2 aliphatic heterocycles. The van der Waals surface area contributed by atoms with Gasteiger partial charge < -0.3 is 14.8 Å². The molecule has 1 unspecified atom stereocenters. The Hall–Kier alpha value is -5.37. The summed E-state index contributed by atoms with van der Waals surface area (Å²) in [5.74, 6) is -0.0107. The van der Waals surface area contributed by atoms with Crippen LogP contribution in [0, 0.1) is 22.7 Å². The van der Waals surface area contributed by atoms with Crippen molar-refractivity contribution in [2.24, 2.45) is 11.3 Å². The molecule has 2 saturated heterocycles. The normalized spacial score (nSPS) is 20.5. The zero-order valence-corrected chi connectivity index (χ0v) is 29.0. The number of likely N-dealkylation sites (tertiary alicyclic amines) is 2. The number of nitrogens with zero attached hydrogens (tertiary/aromatic N) is 6. The number of aromatic nitrogens is 3. The van der Waals surface area contributed by atoms with Crippen LogP contribution < -0.4 is 5.32 Å². The summed E-state index contributed by atoms with van der Waals surface area (Å²) in [6.45, 7) is 9.39. The molecule has 0 saturated carbocycles. The number of aliphatic carboxylic acids is 1. The highest BCUT2D eigenvalue weighted by Gasteiger charge is 2.38. The smallest absolute Gasteiger partial charge is 0.307 e. The van der Waals surface area contributed by atoms with Gasteiger partial charge in [-0.3, -0.25) is 19.6 Å². The molecule has 2 atom stereocenters. The van der Waals surface area contributed by atoms with E-state index in [-0.39, 0.29) is 11.8 Å². The van der Waals surface area contributed by atoms with Crippen molar-refractivity contribution in [3.8, 4) is 6.07 Å². The lowest BCUT2D eigenvalue weighted by Crippen LogP contribution is -2.25. The third-order valence-electron chi connectivity index (χ3n) is 10.7. The van der Waals surface area contributed by atoms with Crippen LogP contribution >= 0.6 is 0 Å². The molecule has 5 heterocycles. The molecule has 0 radical (unpaired) electrons. The quantitative estimate of drug-likeness (QED) is 0.160. The van der Waals surface area contributed by atoms with Gasteiger partial charge in [-0.1, -0.05) is 44.2 Å². The summed E-state index contributed by atoms with van der Waals surface area (Å²) in [5.41, 5.74) is 7.27. The van der Waals surface area contributed by atoms with E-state index in [0.29, 0.717) is 48.6 Å². The van der Waals surface area contributed by atoms with E-state index in [1.54, 1.807) is 0 Å². The molecule has 5 aromatic rings. The largest absolute Gasteiger partial charge is 0.481 e. The third-order valence-corrected chi connectivity index (χ3v) is 10.7. The summed E-state index contributed by atoms with van der Waals surface area (Å²) in [6.07, 6.45) is 13.3. The van der Waals surface area contributed by atoms with Crippen molar-refractivity contribution in [1.29, 1.82) is 5.26 Å². The first-order chi connectivity index (χ1) is 24.7. The molecular weight excluding hydrogens is 638 g/mol. The Morgan fingerprint density at radius 3 is 2.71 bits per heavy atom. The van der Waals surface area contributed by atoms with Crippen LogP contribution in [0.25, 0.3) is 27.6 Å². The standard InChI is InChI=1S/C41H41N7O3/c1-41(2)33(28-7-5-8-32(20-28)45-38-36-29(11-13-43-38)18-27(22-44-36)24-47-14-3-4-15-47)9-6-10-34(41)39-46-35-19-26(17-31(21-42)37(35)51-39)23-48-16-12-30(25-48)40(49)50/h5-11,13,17-20,22,30,34H,3-4,12,14-16,23-25H2,1-2H3,(H,43,45)(H,49,50)/t30-,34?/m1/s1. The molecule has 0 spiro atoms. The maximum atomic E-state index is 11.5. The Kier molecular flexibility index (Phi) is 8.62. The Balaban J connectivity index is 1.03. The van der Waals surface area contributed by atoms with Crippen molar-refractivity contribution in [3.05, 3.63) is 107 Å². The molecule has 2 aromatic carbocycles. The molecular formula is C41H41N7O3. The van der Waals surface area contributed by atoms with Crippen LogP contribution in [0.5, 0.6) is 0 Å². The van der Waals surface area contributed by atoms with Gasteiger partial charge in [-0.05, 0) is 97.6 Å². The fourth-order valence-corrected chi connectivity index (χ4v) is 7.98. The van der Waals surface area contributed by atoms with Gasteiger partial charge in [-0.25, -0.2) is 9.97 Å². The fraction of sp³-hybridized carbons (Fsp3) is 0.341. The number of pyridine rings is 2. The number of fused-ring (bicyclic) bond motifs is 2. The predicted molar refractivity (Wildman–Crippen MR) is 197 cm³/mol.